The van der Waals surface area contributed by atoms with Crippen molar-refractivity contribution in [3.8, 4) is 0 Å². The Morgan fingerprint density at radius 2 is 1.84 bits per heavy atom. The van der Waals surface area contributed by atoms with Crippen molar-refractivity contribution in [3.05, 3.63) is 30.1 Å². The van der Waals surface area contributed by atoms with Crippen molar-refractivity contribution >= 4 is 11.0 Å². The molecule has 2 N–H and O–H groups in total. The Morgan fingerprint density at radius 1 is 1.21 bits per heavy atom. The molecular weight excluding hydrogens is 234 g/mol. The van der Waals surface area contributed by atoms with Crippen LogP contribution in [0.25, 0.3) is 11.0 Å². The molecule has 3 nitrogen and oxygen atoms in total. The van der Waals surface area contributed by atoms with Crippen LogP contribution in [0.1, 0.15) is 52.9 Å². The molecule has 0 saturated heterocycles. The average molecular weight is 259 g/mol. The fourth-order valence-corrected chi connectivity index (χ4v) is 2.61. The maximum atomic E-state index is 6.37. The minimum absolute atomic E-state index is 0.00775. The molecule has 3 heteroatoms. The van der Waals surface area contributed by atoms with Gasteiger partial charge >= 0.3 is 0 Å². The van der Waals surface area contributed by atoms with Crippen LogP contribution < -0.4 is 5.73 Å². The molecular formula is C16H25N3. The molecule has 2 rings (SSSR count). The smallest absolute Gasteiger partial charge is 0.127 e. The van der Waals surface area contributed by atoms with E-state index >= 15 is 0 Å². The van der Waals surface area contributed by atoms with E-state index in [1.54, 1.807) is 0 Å². The molecule has 0 radical (unpaired) electrons. The quantitative estimate of drug-likeness (QED) is 0.910. The monoisotopic (exact) mass is 259 g/mol. The van der Waals surface area contributed by atoms with Gasteiger partial charge in [-0.15, -0.1) is 0 Å². The Hall–Kier alpha value is -1.35. The molecule has 1 atom stereocenters. The van der Waals surface area contributed by atoms with Crippen LogP contribution in [0.15, 0.2) is 24.3 Å². The molecule has 1 aromatic carbocycles. The summed E-state index contributed by atoms with van der Waals surface area (Å²) in [6.45, 7) is 11.0. The van der Waals surface area contributed by atoms with E-state index in [1.807, 2.05) is 6.07 Å². The van der Waals surface area contributed by atoms with Gasteiger partial charge in [0, 0.05) is 5.54 Å². The van der Waals surface area contributed by atoms with Crippen LogP contribution in [0.3, 0.4) is 0 Å². The highest BCUT2D eigenvalue weighted by Gasteiger charge is 2.24. The molecule has 19 heavy (non-hydrogen) atoms. The number of hydrogen-bond donors (Lipinski definition) is 1. The van der Waals surface area contributed by atoms with Crippen LogP contribution in [0.2, 0.25) is 0 Å². The largest absolute Gasteiger partial charge is 0.321 e. The molecule has 1 unspecified atom stereocenters. The van der Waals surface area contributed by atoms with Gasteiger partial charge in [0.2, 0.25) is 0 Å². The second kappa shape index (κ2) is 4.97. The van der Waals surface area contributed by atoms with Gasteiger partial charge in [-0.2, -0.15) is 0 Å². The number of imidazole rings is 1. The number of nitrogens with zero attached hydrogens (tertiary/aromatic N) is 2. The Kier molecular flexibility index (Phi) is 3.68. The summed E-state index contributed by atoms with van der Waals surface area (Å²) in [6.07, 6.45) is 0.958. The Balaban J connectivity index is 2.59. The summed E-state index contributed by atoms with van der Waals surface area (Å²) in [5.74, 6) is 1.57. The molecule has 0 aliphatic heterocycles. The molecule has 0 bridgehead atoms. The van der Waals surface area contributed by atoms with E-state index in [9.17, 15) is 0 Å². The average Bonchev–Trinajstić information content (AvgIpc) is 2.66. The van der Waals surface area contributed by atoms with Gasteiger partial charge in [0.25, 0.3) is 0 Å². The maximum Gasteiger partial charge on any atom is 0.127 e. The maximum absolute atomic E-state index is 6.37. The minimum atomic E-state index is -0.0139. The van der Waals surface area contributed by atoms with Gasteiger partial charge in [-0.05, 0) is 45.2 Å². The number of benzene rings is 1. The van der Waals surface area contributed by atoms with Crippen LogP contribution in [-0.4, -0.2) is 9.55 Å². The number of hydrogen-bond acceptors (Lipinski definition) is 2. The van der Waals surface area contributed by atoms with E-state index in [2.05, 4.69) is 57.4 Å². The zero-order chi connectivity index (χ0) is 14.2. The molecule has 1 heterocycles. The predicted octanol–water partition coefficient (Wildman–Crippen LogP) is 3.84. The summed E-state index contributed by atoms with van der Waals surface area (Å²) >= 11 is 0. The second-order valence-electron chi connectivity index (χ2n) is 6.70. The zero-order valence-electron chi connectivity index (χ0n) is 12.6. The highest BCUT2D eigenvalue weighted by molar-refractivity contribution is 5.76. The van der Waals surface area contributed by atoms with Crippen molar-refractivity contribution in [3.63, 3.8) is 0 Å². The van der Waals surface area contributed by atoms with E-state index in [1.165, 1.54) is 5.52 Å². The van der Waals surface area contributed by atoms with Crippen LogP contribution in [0.4, 0.5) is 0 Å². The topological polar surface area (TPSA) is 43.8 Å². The highest BCUT2D eigenvalue weighted by Crippen LogP contribution is 2.29. The van der Waals surface area contributed by atoms with Crippen molar-refractivity contribution in [1.29, 1.82) is 0 Å². The van der Waals surface area contributed by atoms with Crippen LogP contribution >= 0.6 is 0 Å². The van der Waals surface area contributed by atoms with Gasteiger partial charge in [-0.1, -0.05) is 26.0 Å². The number of aromatic nitrogens is 2. The fourth-order valence-electron chi connectivity index (χ4n) is 2.61. The molecule has 0 saturated carbocycles. The van der Waals surface area contributed by atoms with Gasteiger partial charge in [0.15, 0.2) is 0 Å². The van der Waals surface area contributed by atoms with Gasteiger partial charge in [0.05, 0.1) is 17.1 Å². The lowest BCUT2D eigenvalue weighted by Crippen LogP contribution is -2.28. The van der Waals surface area contributed by atoms with Gasteiger partial charge in [0.1, 0.15) is 5.82 Å². The SMILES string of the molecule is CC(C)CC(N)c1nc2ccccc2n1C(C)(C)C. The molecule has 104 valence electrons. The first-order valence-corrected chi connectivity index (χ1v) is 7.04. The van der Waals surface area contributed by atoms with E-state index in [-0.39, 0.29) is 11.6 Å². The van der Waals surface area contributed by atoms with E-state index in [0.29, 0.717) is 5.92 Å². The summed E-state index contributed by atoms with van der Waals surface area (Å²) in [6, 6.07) is 8.26. The van der Waals surface area contributed by atoms with Crippen molar-refractivity contribution < 1.29 is 0 Å². The predicted molar refractivity (Wildman–Crippen MR) is 81.1 cm³/mol. The summed E-state index contributed by atoms with van der Waals surface area (Å²) in [4.78, 5) is 4.77. The summed E-state index contributed by atoms with van der Waals surface area (Å²) in [5, 5.41) is 0. The molecule has 0 aliphatic rings. The highest BCUT2D eigenvalue weighted by atomic mass is 15.1. The van der Waals surface area contributed by atoms with Gasteiger partial charge in [-0.25, -0.2) is 4.98 Å². The molecule has 1 aromatic heterocycles. The second-order valence-corrected chi connectivity index (χ2v) is 6.70. The lowest BCUT2D eigenvalue weighted by molar-refractivity contribution is 0.371. The Morgan fingerprint density at radius 3 is 2.42 bits per heavy atom. The van der Waals surface area contributed by atoms with Crippen molar-refractivity contribution in [2.45, 2.75) is 52.6 Å². The molecule has 0 amide bonds. The van der Waals surface area contributed by atoms with Crippen LogP contribution in [-0.2, 0) is 5.54 Å². The van der Waals surface area contributed by atoms with E-state index < -0.39 is 0 Å². The summed E-state index contributed by atoms with van der Waals surface area (Å²) in [5.41, 5.74) is 8.56. The fraction of sp³-hybridized carbons (Fsp3) is 0.562. The first-order valence-electron chi connectivity index (χ1n) is 7.04. The number of fused-ring (bicyclic) bond motifs is 1. The van der Waals surface area contributed by atoms with Gasteiger partial charge < -0.3 is 10.3 Å². The first-order chi connectivity index (χ1) is 8.80. The van der Waals surface area contributed by atoms with Crippen molar-refractivity contribution in [2.24, 2.45) is 11.7 Å². The summed E-state index contributed by atoms with van der Waals surface area (Å²) in [7, 11) is 0. The number of nitrogens with two attached hydrogens (primary N) is 1. The van der Waals surface area contributed by atoms with Gasteiger partial charge in [-0.3, -0.25) is 0 Å². The lowest BCUT2D eigenvalue weighted by atomic mass is 10.0. The van der Waals surface area contributed by atoms with Crippen molar-refractivity contribution in [2.75, 3.05) is 0 Å². The minimum Gasteiger partial charge on any atom is -0.321 e. The Labute approximate surface area is 115 Å². The summed E-state index contributed by atoms with van der Waals surface area (Å²) < 4.78 is 2.29. The zero-order valence-corrected chi connectivity index (χ0v) is 12.6. The normalized spacial score (nSPS) is 14.3. The lowest BCUT2D eigenvalue weighted by Gasteiger charge is -2.27. The molecule has 0 fully saturated rings. The van der Waals surface area contributed by atoms with Crippen LogP contribution in [0.5, 0.6) is 0 Å². The molecule has 0 aliphatic carbocycles. The van der Waals surface area contributed by atoms with E-state index in [0.717, 1.165) is 17.8 Å². The number of para-hydroxylation sites is 2. The van der Waals surface area contributed by atoms with Crippen molar-refractivity contribution in [1.82, 2.24) is 9.55 Å². The number of rotatable bonds is 3. The Bertz CT molecular complexity index is 561. The third kappa shape index (κ3) is 2.81. The molecule has 2 aromatic rings. The standard InChI is InChI=1S/C16H25N3/c1-11(2)10-12(17)15-18-13-8-6-7-9-14(13)19(15)16(3,4)5/h6-9,11-12H,10,17H2,1-5H3. The third-order valence-corrected chi connectivity index (χ3v) is 3.31. The van der Waals surface area contributed by atoms with E-state index in [4.69, 9.17) is 10.7 Å². The van der Waals surface area contributed by atoms with Crippen LogP contribution in [0, 0.1) is 5.92 Å². The first kappa shape index (κ1) is 14.1. The molecule has 0 spiro atoms. The third-order valence-electron chi connectivity index (χ3n) is 3.31.